The van der Waals surface area contributed by atoms with Crippen LogP contribution < -0.4 is 5.69 Å². The lowest BCUT2D eigenvalue weighted by molar-refractivity contribution is 0.519. The van der Waals surface area contributed by atoms with E-state index in [1.54, 1.807) is 4.57 Å². The Balaban J connectivity index is 2.14. The normalized spacial score (nSPS) is 11.4. The maximum atomic E-state index is 12.0. The summed E-state index contributed by atoms with van der Waals surface area (Å²) in [5.74, 6) is 1.01. The van der Waals surface area contributed by atoms with Crippen molar-refractivity contribution < 1.29 is 0 Å². The summed E-state index contributed by atoms with van der Waals surface area (Å²) < 4.78 is 3.62. The lowest BCUT2D eigenvalue weighted by atomic mass is 10.1. The van der Waals surface area contributed by atoms with Gasteiger partial charge in [0.05, 0.1) is 0 Å². The Morgan fingerprint density at radius 2 is 1.58 bits per heavy atom. The highest BCUT2D eigenvalue weighted by Crippen LogP contribution is 2.08. The maximum absolute atomic E-state index is 12.0. The van der Waals surface area contributed by atoms with Crippen molar-refractivity contribution in [3.05, 3.63) is 22.9 Å². The van der Waals surface area contributed by atoms with Gasteiger partial charge in [-0.15, -0.1) is 0 Å². The molecule has 0 amide bonds. The molecule has 1 heterocycles. The molecule has 19 heavy (non-hydrogen) atoms. The van der Waals surface area contributed by atoms with Gasteiger partial charge in [0.1, 0.15) is 0 Å². The highest BCUT2D eigenvalue weighted by Gasteiger charge is 2.05. The molecule has 0 saturated carbocycles. The van der Waals surface area contributed by atoms with E-state index < -0.39 is 0 Å². The third-order valence-corrected chi connectivity index (χ3v) is 3.80. The van der Waals surface area contributed by atoms with Crippen LogP contribution in [0.5, 0.6) is 0 Å². The molecule has 110 valence electrons. The molecule has 0 aliphatic carbocycles. The van der Waals surface area contributed by atoms with Crippen molar-refractivity contribution >= 4 is 12.6 Å². The highest BCUT2D eigenvalue weighted by atomic mass is 32.1. The smallest absolute Gasteiger partial charge is 0.299 e. The Hall–Kier alpha value is -0.640. The van der Waals surface area contributed by atoms with Gasteiger partial charge in [0.25, 0.3) is 0 Å². The van der Waals surface area contributed by atoms with Crippen LogP contribution in [0.3, 0.4) is 0 Å². The first kappa shape index (κ1) is 16.4. The zero-order chi connectivity index (χ0) is 14.1. The van der Waals surface area contributed by atoms with Crippen LogP contribution in [0.2, 0.25) is 0 Å². The number of hydrogen-bond donors (Lipinski definition) is 1. The maximum Gasteiger partial charge on any atom is 0.328 e. The Morgan fingerprint density at radius 1 is 1.00 bits per heavy atom. The van der Waals surface area contributed by atoms with Crippen molar-refractivity contribution in [2.75, 3.05) is 5.75 Å². The molecular formula is C15H28N2OS. The van der Waals surface area contributed by atoms with E-state index >= 15 is 0 Å². The number of unbranched alkanes of at least 4 members (excludes halogenated alkanes) is 6. The zero-order valence-electron chi connectivity index (χ0n) is 12.3. The van der Waals surface area contributed by atoms with E-state index in [9.17, 15) is 4.79 Å². The summed E-state index contributed by atoms with van der Waals surface area (Å²) in [6.45, 7) is 4.93. The molecule has 4 heteroatoms. The number of aryl methyl sites for hydroxylation is 1. The molecule has 0 saturated heterocycles. The topological polar surface area (TPSA) is 26.9 Å². The lowest BCUT2D eigenvalue weighted by Crippen LogP contribution is -2.25. The first-order valence-electron chi connectivity index (χ1n) is 7.55. The zero-order valence-corrected chi connectivity index (χ0v) is 13.2. The average molecular weight is 284 g/mol. The molecule has 1 rings (SSSR count). The summed E-state index contributed by atoms with van der Waals surface area (Å²) in [4.78, 5) is 12.0. The van der Waals surface area contributed by atoms with E-state index in [2.05, 4.69) is 12.6 Å². The van der Waals surface area contributed by atoms with Gasteiger partial charge in [-0.05, 0) is 32.4 Å². The van der Waals surface area contributed by atoms with Gasteiger partial charge in [0, 0.05) is 25.0 Å². The Bertz CT molecular complexity index is 395. The molecule has 0 fully saturated rings. The molecule has 0 aromatic carbocycles. The molecule has 0 spiro atoms. The fraction of sp³-hybridized carbons (Fsp3) is 0.800. The number of aromatic nitrogens is 2. The Morgan fingerprint density at radius 3 is 2.11 bits per heavy atom. The van der Waals surface area contributed by atoms with Gasteiger partial charge in [-0.1, -0.05) is 32.1 Å². The van der Waals surface area contributed by atoms with Crippen LogP contribution in [0, 0.1) is 0 Å². The summed E-state index contributed by atoms with van der Waals surface area (Å²) in [5, 5.41) is 0. The van der Waals surface area contributed by atoms with Gasteiger partial charge in [-0.2, -0.15) is 12.6 Å². The summed E-state index contributed by atoms with van der Waals surface area (Å²) in [7, 11) is 0. The standard InChI is InChI=1S/C15H28N2OS/c1-14(2)17-12-11-16(15(17)18)10-8-6-4-3-5-7-9-13-19/h11-12,14,19H,3-10,13H2,1-2H3. The van der Waals surface area contributed by atoms with Crippen molar-refractivity contribution in [1.82, 2.24) is 9.13 Å². The van der Waals surface area contributed by atoms with E-state index in [1.165, 1.54) is 38.5 Å². The second-order valence-electron chi connectivity index (χ2n) is 5.47. The van der Waals surface area contributed by atoms with E-state index in [1.807, 2.05) is 30.8 Å². The summed E-state index contributed by atoms with van der Waals surface area (Å²) >= 11 is 4.21. The van der Waals surface area contributed by atoms with Crippen LogP contribution in [0.1, 0.15) is 64.8 Å². The minimum absolute atomic E-state index is 0.128. The molecule has 1 aromatic rings. The molecule has 3 nitrogen and oxygen atoms in total. The molecule has 0 aliphatic heterocycles. The summed E-state index contributed by atoms with van der Waals surface area (Å²) in [6, 6.07) is 0.251. The minimum atomic E-state index is 0.128. The largest absolute Gasteiger partial charge is 0.328 e. The number of imidazole rings is 1. The Kier molecular flexibility index (Phi) is 8.03. The molecule has 0 N–H and O–H groups in total. The molecule has 0 radical (unpaired) electrons. The summed E-state index contributed by atoms with van der Waals surface area (Å²) in [6.07, 6.45) is 12.6. The van der Waals surface area contributed by atoms with E-state index in [-0.39, 0.29) is 11.7 Å². The van der Waals surface area contributed by atoms with E-state index in [0.29, 0.717) is 0 Å². The van der Waals surface area contributed by atoms with Crippen LogP contribution in [-0.4, -0.2) is 14.9 Å². The first-order valence-corrected chi connectivity index (χ1v) is 8.18. The quantitative estimate of drug-likeness (QED) is 0.512. The highest BCUT2D eigenvalue weighted by molar-refractivity contribution is 7.80. The van der Waals surface area contributed by atoms with Gasteiger partial charge in [-0.25, -0.2) is 4.79 Å². The van der Waals surface area contributed by atoms with Gasteiger partial charge >= 0.3 is 5.69 Å². The van der Waals surface area contributed by atoms with Crippen LogP contribution in [0.4, 0.5) is 0 Å². The number of rotatable bonds is 10. The Labute approximate surface area is 122 Å². The van der Waals surface area contributed by atoms with Crippen molar-refractivity contribution in [3.8, 4) is 0 Å². The monoisotopic (exact) mass is 284 g/mol. The molecule has 0 aliphatic rings. The summed E-state index contributed by atoms with van der Waals surface area (Å²) in [5.41, 5.74) is 0.128. The number of thiol groups is 1. The average Bonchev–Trinajstić information content (AvgIpc) is 2.74. The molecule has 0 unspecified atom stereocenters. The van der Waals surface area contributed by atoms with Crippen molar-refractivity contribution in [1.29, 1.82) is 0 Å². The van der Waals surface area contributed by atoms with Crippen LogP contribution in [-0.2, 0) is 6.54 Å². The second-order valence-corrected chi connectivity index (χ2v) is 5.92. The van der Waals surface area contributed by atoms with Gasteiger partial charge in [0.2, 0.25) is 0 Å². The third kappa shape index (κ3) is 5.89. The fourth-order valence-electron chi connectivity index (χ4n) is 2.27. The number of nitrogens with zero attached hydrogens (tertiary/aromatic N) is 2. The predicted octanol–water partition coefficient (Wildman–Crippen LogP) is 3.89. The lowest BCUT2D eigenvalue weighted by Gasteiger charge is -2.05. The van der Waals surface area contributed by atoms with Crippen molar-refractivity contribution in [2.24, 2.45) is 0 Å². The first-order chi connectivity index (χ1) is 9.16. The molecular weight excluding hydrogens is 256 g/mol. The predicted molar refractivity (Wildman–Crippen MR) is 85.2 cm³/mol. The molecule has 0 atom stereocenters. The van der Waals surface area contributed by atoms with Crippen LogP contribution in [0.15, 0.2) is 17.2 Å². The number of hydrogen-bond acceptors (Lipinski definition) is 2. The van der Waals surface area contributed by atoms with E-state index in [0.717, 1.165) is 18.7 Å². The molecule has 0 bridgehead atoms. The van der Waals surface area contributed by atoms with Gasteiger partial charge < -0.3 is 0 Å². The third-order valence-electron chi connectivity index (χ3n) is 3.49. The van der Waals surface area contributed by atoms with E-state index in [4.69, 9.17) is 0 Å². The van der Waals surface area contributed by atoms with Crippen LogP contribution in [0.25, 0.3) is 0 Å². The van der Waals surface area contributed by atoms with Crippen LogP contribution >= 0.6 is 12.6 Å². The van der Waals surface area contributed by atoms with Gasteiger partial charge in [0.15, 0.2) is 0 Å². The van der Waals surface area contributed by atoms with Gasteiger partial charge in [-0.3, -0.25) is 9.13 Å². The SMILES string of the molecule is CC(C)n1ccn(CCCCCCCCCS)c1=O. The molecule has 1 aromatic heterocycles. The fourth-order valence-corrected chi connectivity index (χ4v) is 2.49. The van der Waals surface area contributed by atoms with Crippen molar-refractivity contribution in [3.63, 3.8) is 0 Å². The van der Waals surface area contributed by atoms with Crippen molar-refractivity contribution in [2.45, 2.75) is 71.4 Å². The minimum Gasteiger partial charge on any atom is -0.299 e. The second kappa shape index (κ2) is 9.29.